The third-order valence-electron chi connectivity index (χ3n) is 6.64. The number of amides is 2. The summed E-state index contributed by atoms with van der Waals surface area (Å²) in [5.74, 6) is 0.166. The number of benzene rings is 1. The van der Waals surface area contributed by atoms with Gasteiger partial charge in [0, 0.05) is 32.4 Å². The zero-order chi connectivity index (χ0) is 23.8. The van der Waals surface area contributed by atoms with E-state index in [4.69, 9.17) is 5.73 Å². The van der Waals surface area contributed by atoms with E-state index in [1.807, 2.05) is 18.2 Å². The van der Waals surface area contributed by atoms with E-state index in [-0.39, 0.29) is 11.8 Å². The highest BCUT2D eigenvalue weighted by Gasteiger charge is 2.31. The number of pyridine rings is 1. The molecule has 3 heterocycles. The number of piperazine rings is 1. The van der Waals surface area contributed by atoms with Gasteiger partial charge in [-0.15, -0.1) is 0 Å². The highest BCUT2D eigenvalue weighted by molar-refractivity contribution is 6.17. The summed E-state index contributed by atoms with van der Waals surface area (Å²) in [6.45, 7) is 5.91. The fraction of sp³-hybridized carbons (Fsp3) is 0.500. The lowest BCUT2D eigenvalue weighted by molar-refractivity contribution is -0.119. The first-order valence-corrected chi connectivity index (χ1v) is 12.5. The highest BCUT2D eigenvalue weighted by atomic mass is 16.2. The lowest BCUT2D eigenvalue weighted by Crippen LogP contribution is -2.49. The van der Waals surface area contributed by atoms with E-state index in [0.29, 0.717) is 29.3 Å². The Morgan fingerprint density at radius 2 is 1.62 bits per heavy atom. The van der Waals surface area contributed by atoms with Gasteiger partial charge in [0.05, 0.1) is 23.5 Å². The number of nitrogens with zero attached hydrogens (tertiary/aromatic N) is 4. The van der Waals surface area contributed by atoms with E-state index in [1.165, 1.54) is 32.1 Å². The van der Waals surface area contributed by atoms with Gasteiger partial charge >= 0.3 is 0 Å². The first-order chi connectivity index (χ1) is 16.7. The van der Waals surface area contributed by atoms with Crippen LogP contribution in [0.5, 0.6) is 0 Å². The molecular weight excluding hydrogens is 428 g/mol. The van der Waals surface area contributed by atoms with Crippen LogP contribution in [0.2, 0.25) is 0 Å². The van der Waals surface area contributed by atoms with Crippen molar-refractivity contribution in [3.05, 3.63) is 48.2 Å². The zero-order valence-corrected chi connectivity index (χ0v) is 19.9. The van der Waals surface area contributed by atoms with Crippen molar-refractivity contribution in [2.75, 3.05) is 56.0 Å². The van der Waals surface area contributed by atoms with E-state index in [1.54, 1.807) is 29.3 Å². The van der Waals surface area contributed by atoms with Crippen LogP contribution >= 0.6 is 0 Å². The summed E-state index contributed by atoms with van der Waals surface area (Å²) >= 11 is 0. The molecule has 4 rings (SSSR count). The van der Waals surface area contributed by atoms with Crippen LogP contribution in [0.3, 0.4) is 0 Å². The number of anilines is 3. The number of unbranched alkanes of at least 4 members (excludes halogenated alkanes) is 5. The van der Waals surface area contributed by atoms with Crippen LogP contribution in [0.1, 0.15) is 48.9 Å². The predicted molar refractivity (Wildman–Crippen MR) is 135 cm³/mol. The van der Waals surface area contributed by atoms with Gasteiger partial charge in [0.2, 0.25) is 5.91 Å². The number of nitrogens with one attached hydrogen (secondary N) is 1. The van der Waals surface area contributed by atoms with Gasteiger partial charge in [-0.1, -0.05) is 37.8 Å². The Morgan fingerprint density at radius 3 is 2.41 bits per heavy atom. The number of para-hydroxylation sites is 1. The number of nitrogens with two attached hydrogens (primary N) is 1. The van der Waals surface area contributed by atoms with Crippen LogP contribution in [0.25, 0.3) is 0 Å². The number of hydrogen-bond donors (Lipinski definition) is 2. The molecule has 0 saturated carbocycles. The largest absolute Gasteiger partial charge is 0.330 e. The average Bonchev–Trinajstić information content (AvgIpc) is 2.98. The quantitative estimate of drug-likeness (QED) is 0.524. The molecule has 0 bridgehead atoms. The van der Waals surface area contributed by atoms with Gasteiger partial charge < -0.3 is 16.0 Å². The SMILES string of the molecule is NCCCCCCCCN1CCN(CC(=O)N2c3ccccc3C(=O)Nc3cccnc32)CC1. The topological polar surface area (TPSA) is 94.8 Å². The van der Waals surface area contributed by atoms with Crippen molar-refractivity contribution in [3.63, 3.8) is 0 Å². The van der Waals surface area contributed by atoms with Crippen molar-refractivity contribution < 1.29 is 9.59 Å². The predicted octanol–water partition coefficient (Wildman–Crippen LogP) is 3.23. The van der Waals surface area contributed by atoms with Gasteiger partial charge in [0.25, 0.3) is 5.91 Å². The number of aromatic nitrogens is 1. The molecule has 8 nitrogen and oxygen atoms in total. The van der Waals surface area contributed by atoms with E-state index >= 15 is 0 Å². The van der Waals surface area contributed by atoms with Crippen LogP contribution in [-0.4, -0.2) is 72.4 Å². The Balaban J connectivity index is 1.32. The molecule has 1 saturated heterocycles. The minimum Gasteiger partial charge on any atom is -0.330 e. The molecule has 1 aromatic carbocycles. The van der Waals surface area contributed by atoms with Crippen LogP contribution < -0.4 is 16.0 Å². The summed E-state index contributed by atoms with van der Waals surface area (Å²) in [6, 6.07) is 10.8. The van der Waals surface area contributed by atoms with E-state index in [9.17, 15) is 9.59 Å². The van der Waals surface area contributed by atoms with Crippen molar-refractivity contribution in [1.29, 1.82) is 0 Å². The Hall–Kier alpha value is -2.81. The van der Waals surface area contributed by atoms with Crippen molar-refractivity contribution in [2.45, 2.75) is 38.5 Å². The lowest BCUT2D eigenvalue weighted by Gasteiger charge is -2.35. The molecular formula is C26H36N6O2. The molecule has 0 aliphatic carbocycles. The number of carbonyl (C=O) groups excluding carboxylic acids is 2. The molecule has 2 amide bonds. The number of carbonyl (C=O) groups is 2. The Kier molecular flexibility index (Phi) is 8.62. The highest BCUT2D eigenvalue weighted by Crippen LogP contribution is 2.36. The van der Waals surface area contributed by atoms with Crippen molar-refractivity contribution in [2.24, 2.45) is 5.73 Å². The molecule has 0 atom stereocenters. The minimum absolute atomic E-state index is 0.0742. The molecule has 0 radical (unpaired) electrons. The normalized spacial score (nSPS) is 16.5. The standard InChI is InChI=1S/C26H36N6O2/c27-13-7-3-1-2-4-8-15-30-16-18-31(19-17-30)20-24(33)32-23-12-6-5-10-21(23)26(34)29-22-11-9-14-28-25(22)32/h5-6,9-12,14H,1-4,7-8,13,15-20,27H2,(H,29,34). The molecule has 1 aromatic heterocycles. The van der Waals surface area contributed by atoms with Gasteiger partial charge in [0.15, 0.2) is 5.82 Å². The molecule has 3 N–H and O–H groups in total. The number of hydrogen-bond acceptors (Lipinski definition) is 6. The molecule has 2 aliphatic heterocycles. The molecule has 1 fully saturated rings. The number of rotatable bonds is 10. The van der Waals surface area contributed by atoms with Crippen LogP contribution in [0, 0.1) is 0 Å². The Bertz CT molecular complexity index is 973. The monoisotopic (exact) mass is 464 g/mol. The second-order valence-electron chi connectivity index (χ2n) is 9.10. The zero-order valence-electron chi connectivity index (χ0n) is 19.9. The minimum atomic E-state index is -0.229. The Labute approximate surface area is 202 Å². The molecule has 0 spiro atoms. The van der Waals surface area contributed by atoms with Crippen molar-refractivity contribution >= 4 is 29.0 Å². The third-order valence-corrected chi connectivity index (χ3v) is 6.64. The van der Waals surface area contributed by atoms with Crippen LogP contribution in [0.4, 0.5) is 17.2 Å². The summed E-state index contributed by atoms with van der Waals surface area (Å²) < 4.78 is 0. The van der Waals surface area contributed by atoms with E-state index < -0.39 is 0 Å². The average molecular weight is 465 g/mol. The maximum Gasteiger partial charge on any atom is 0.257 e. The van der Waals surface area contributed by atoms with Gasteiger partial charge in [-0.2, -0.15) is 0 Å². The fourth-order valence-electron chi connectivity index (χ4n) is 4.71. The maximum atomic E-state index is 13.5. The number of fused-ring (bicyclic) bond motifs is 2. The summed E-state index contributed by atoms with van der Waals surface area (Å²) in [4.78, 5) is 37.0. The maximum absolute atomic E-state index is 13.5. The smallest absolute Gasteiger partial charge is 0.257 e. The second kappa shape index (κ2) is 12.1. The molecule has 2 aromatic rings. The summed E-state index contributed by atoms with van der Waals surface area (Å²) in [7, 11) is 0. The van der Waals surface area contributed by atoms with Gasteiger partial charge in [-0.05, 0) is 50.2 Å². The molecule has 2 aliphatic rings. The first-order valence-electron chi connectivity index (χ1n) is 12.5. The summed E-state index contributed by atoms with van der Waals surface area (Å²) in [5.41, 5.74) is 7.15. The van der Waals surface area contributed by atoms with E-state index in [0.717, 1.165) is 45.7 Å². The summed E-state index contributed by atoms with van der Waals surface area (Å²) in [5, 5.41) is 2.89. The molecule has 8 heteroatoms. The fourth-order valence-corrected chi connectivity index (χ4v) is 4.71. The molecule has 34 heavy (non-hydrogen) atoms. The van der Waals surface area contributed by atoms with Crippen LogP contribution in [-0.2, 0) is 4.79 Å². The van der Waals surface area contributed by atoms with Crippen molar-refractivity contribution in [3.8, 4) is 0 Å². The first kappa shape index (κ1) is 24.3. The third kappa shape index (κ3) is 6.00. The lowest BCUT2D eigenvalue weighted by atomic mass is 10.1. The van der Waals surface area contributed by atoms with E-state index in [2.05, 4.69) is 20.1 Å². The van der Waals surface area contributed by atoms with Gasteiger partial charge in [-0.3, -0.25) is 19.4 Å². The summed E-state index contributed by atoms with van der Waals surface area (Å²) in [6.07, 6.45) is 9.11. The van der Waals surface area contributed by atoms with Crippen LogP contribution in [0.15, 0.2) is 42.6 Å². The van der Waals surface area contributed by atoms with Gasteiger partial charge in [-0.25, -0.2) is 4.98 Å². The molecule has 182 valence electrons. The molecule has 0 unspecified atom stereocenters. The Morgan fingerprint density at radius 1 is 0.912 bits per heavy atom. The van der Waals surface area contributed by atoms with Gasteiger partial charge in [0.1, 0.15) is 0 Å². The van der Waals surface area contributed by atoms with Crippen molar-refractivity contribution in [1.82, 2.24) is 14.8 Å². The second-order valence-corrected chi connectivity index (χ2v) is 9.10.